The van der Waals surface area contributed by atoms with Crippen LogP contribution in [-0.4, -0.2) is 18.7 Å². The zero-order chi connectivity index (χ0) is 15.3. The summed E-state index contributed by atoms with van der Waals surface area (Å²) in [6.45, 7) is 14.2. The van der Waals surface area contributed by atoms with E-state index in [9.17, 15) is 0 Å². The molecular formula is C17H26N2O. The minimum absolute atomic E-state index is 0.133. The van der Waals surface area contributed by atoms with Gasteiger partial charge in [-0.1, -0.05) is 6.92 Å². The maximum Gasteiger partial charge on any atom is 0.125 e. The average molecular weight is 274 g/mol. The van der Waals surface area contributed by atoms with E-state index in [-0.39, 0.29) is 5.54 Å². The monoisotopic (exact) mass is 274 g/mol. The summed E-state index contributed by atoms with van der Waals surface area (Å²) in [5.41, 5.74) is 2.87. The van der Waals surface area contributed by atoms with Gasteiger partial charge in [0.25, 0.3) is 0 Å². The van der Waals surface area contributed by atoms with Gasteiger partial charge in [0.1, 0.15) is 5.75 Å². The molecular weight excluding hydrogens is 248 g/mol. The number of benzene rings is 1. The van der Waals surface area contributed by atoms with Gasteiger partial charge in [-0.2, -0.15) is 5.26 Å². The van der Waals surface area contributed by atoms with Crippen molar-refractivity contribution in [1.82, 2.24) is 5.32 Å². The lowest BCUT2D eigenvalue weighted by Gasteiger charge is -2.24. The Morgan fingerprint density at radius 2 is 1.80 bits per heavy atom. The molecule has 0 aliphatic rings. The lowest BCUT2D eigenvalue weighted by molar-refractivity contribution is 0.242. The maximum absolute atomic E-state index is 8.94. The van der Waals surface area contributed by atoms with Gasteiger partial charge in [-0.3, -0.25) is 0 Å². The molecule has 1 rings (SSSR count). The van der Waals surface area contributed by atoms with Crippen molar-refractivity contribution >= 4 is 0 Å². The van der Waals surface area contributed by atoms with Crippen LogP contribution in [0.4, 0.5) is 0 Å². The smallest absolute Gasteiger partial charge is 0.125 e. The summed E-state index contributed by atoms with van der Waals surface area (Å²) in [5, 5.41) is 12.4. The molecule has 3 nitrogen and oxygen atoms in total. The largest absolute Gasteiger partial charge is 0.493 e. The van der Waals surface area contributed by atoms with Crippen molar-refractivity contribution in [2.75, 3.05) is 13.2 Å². The summed E-state index contributed by atoms with van der Waals surface area (Å²) in [4.78, 5) is 0. The minimum atomic E-state index is 0.133. The van der Waals surface area contributed by atoms with Crippen molar-refractivity contribution in [3.05, 3.63) is 28.8 Å². The van der Waals surface area contributed by atoms with Gasteiger partial charge in [0.15, 0.2) is 0 Å². The summed E-state index contributed by atoms with van der Waals surface area (Å²) in [5.74, 6) is 1.34. The number of nitriles is 1. The Morgan fingerprint density at radius 1 is 1.25 bits per heavy atom. The van der Waals surface area contributed by atoms with Gasteiger partial charge in [-0.25, -0.2) is 0 Å². The van der Waals surface area contributed by atoms with Crippen LogP contribution >= 0.6 is 0 Å². The van der Waals surface area contributed by atoms with Crippen molar-refractivity contribution in [3.8, 4) is 11.8 Å². The minimum Gasteiger partial charge on any atom is -0.493 e. The van der Waals surface area contributed by atoms with E-state index >= 15 is 0 Å². The molecule has 0 aromatic heterocycles. The van der Waals surface area contributed by atoms with Gasteiger partial charge in [-0.05, 0) is 57.9 Å². The predicted octanol–water partition coefficient (Wildman–Crippen LogP) is 3.58. The number of rotatable bonds is 5. The molecule has 1 unspecified atom stereocenters. The Kier molecular flexibility index (Phi) is 5.59. The molecule has 0 amide bonds. The molecule has 0 saturated heterocycles. The number of aryl methyl sites for hydroxylation is 2. The van der Waals surface area contributed by atoms with Gasteiger partial charge in [0.05, 0.1) is 18.2 Å². The number of hydrogen-bond donors (Lipinski definition) is 1. The maximum atomic E-state index is 8.94. The van der Waals surface area contributed by atoms with Crippen LogP contribution in [0.2, 0.25) is 0 Å². The molecule has 1 aromatic rings. The fourth-order valence-corrected chi connectivity index (χ4v) is 2.01. The van der Waals surface area contributed by atoms with Crippen LogP contribution in [0.5, 0.6) is 5.75 Å². The van der Waals surface area contributed by atoms with Gasteiger partial charge < -0.3 is 10.1 Å². The van der Waals surface area contributed by atoms with E-state index in [0.29, 0.717) is 18.1 Å². The van der Waals surface area contributed by atoms with E-state index in [1.807, 2.05) is 26.0 Å². The van der Waals surface area contributed by atoms with Gasteiger partial charge in [-0.15, -0.1) is 0 Å². The van der Waals surface area contributed by atoms with Gasteiger partial charge in [0, 0.05) is 18.0 Å². The molecule has 110 valence electrons. The highest BCUT2D eigenvalue weighted by Gasteiger charge is 2.13. The molecule has 1 N–H and O–H groups in total. The highest BCUT2D eigenvalue weighted by molar-refractivity contribution is 5.47. The van der Waals surface area contributed by atoms with E-state index in [1.165, 1.54) is 0 Å². The number of nitrogens with one attached hydrogen (secondary N) is 1. The SMILES string of the molecule is Cc1cc(C#N)cc(C)c1OCC(C)CNC(C)(C)C. The molecule has 0 aliphatic carbocycles. The summed E-state index contributed by atoms with van der Waals surface area (Å²) in [6.07, 6.45) is 0. The second-order valence-corrected chi connectivity index (χ2v) is 6.60. The lowest BCUT2D eigenvalue weighted by Crippen LogP contribution is -2.39. The van der Waals surface area contributed by atoms with Crippen LogP contribution in [0.15, 0.2) is 12.1 Å². The Labute approximate surface area is 123 Å². The fourth-order valence-electron chi connectivity index (χ4n) is 2.01. The number of hydrogen-bond acceptors (Lipinski definition) is 3. The molecule has 0 spiro atoms. The highest BCUT2D eigenvalue weighted by atomic mass is 16.5. The summed E-state index contributed by atoms with van der Waals surface area (Å²) in [7, 11) is 0. The Balaban J connectivity index is 2.60. The second-order valence-electron chi connectivity index (χ2n) is 6.60. The van der Waals surface area contributed by atoms with Crippen LogP contribution in [0.3, 0.4) is 0 Å². The molecule has 0 radical (unpaired) electrons. The normalized spacial score (nSPS) is 12.8. The van der Waals surface area contributed by atoms with Crippen molar-refractivity contribution in [3.63, 3.8) is 0 Å². The first kappa shape index (κ1) is 16.5. The highest BCUT2D eigenvalue weighted by Crippen LogP contribution is 2.25. The van der Waals surface area contributed by atoms with Crippen LogP contribution in [0.25, 0.3) is 0 Å². The molecule has 20 heavy (non-hydrogen) atoms. The summed E-state index contributed by atoms with van der Waals surface area (Å²) >= 11 is 0. The third kappa shape index (κ3) is 5.22. The van der Waals surface area contributed by atoms with Crippen molar-refractivity contribution in [1.29, 1.82) is 5.26 Å². The van der Waals surface area contributed by atoms with Crippen LogP contribution in [-0.2, 0) is 0 Å². The molecule has 0 bridgehead atoms. The lowest BCUT2D eigenvalue weighted by atomic mass is 10.1. The third-order valence-corrected chi connectivity index (χ3v) is 3.08. The van der Waals surface area contributed by atoms with E-state index in [1.54, 1.807) is 0 Å². The quantitative estimate of drug-likeness (QED) is 0.892. The summed E-state index contributed by atoms with van der Waals surface area (Å²) < 4.78 is 5.94. The van der Waals surface area contributed by atoms with Crippen LogP contribution < -0.4 is 10.1 Å². The first-order valence-corrected chi connectivity index (χ1v) is 7.12. The van der Waals surface area contributed by atoms with E-state index < -0.39 is 0 Å². The molecule has 1 aromatic carbocycles. The number of nitrogens with zero attached hydrogens (tertiary/aromatic N) is 1. The Bertz CT molecular complexity index is 472. The summed E-state index contributed by atoms with van der Waals surface area (Å²) in [6, 6.07) is 5.92. The standard InChI is InChI=1S/C17H26N2O/c1-12(10-19-17(4,5)6)11-20-16-13(2)7-15(9-18)8-14(16)3/h7-8,12,19H,10-11H2,1-6H3. The van der Waals surface area contributed by atoms with Crippen molar-refractivity contribution in [2.45, 2.75) is 47.1 Å². The first-order chi connectivity index (χ1) is 9.23. The van der Waals surface area contributed by atoms with Crippen LogP contribution in [0, 0.1) is 31.1 Å². The third-order valence-electron chi connectivity index (χ3n) is 3.08. The second kappa shape index (κ2) is 6.76. The molecule has 3 heteroatoms. The van der Waals surface area contributed by atoms with Crippen molar-refractivity contribution < 1.29 is 4.74 Å². The molecule has 0 heterocycles. The van der Waals surface area contributed by atoms with Gasteiger partial charge >= 0.3 is 0 Å². The molecule has 1 atom stereocenters. The molecule has 0 aliphatic heterocycles. The zero-order valence-corrected chi connectivity index (χ0v) is 13.5. The zero-order valence-electron chi connectivity index (χ0n) is 13.5. The van der Waals surface area contributed by atoms with E-state index in [2.05, 4.69) is 39.1 Å². The van der Waals surface area contributed by atoms with Crippen molar-refractivity contribution in [2.24, 2.45) is 5.92 Å². The fraction of sp³-hybridized carbons (Fsp3) is 0.588. The average Bonchev–Trinajstić information content (AvgIpc) is 2.34. The van der Waals surface area contributed by atoms with Gasteiger partial charge in [0.2, 0.25) is 0 Å². The van der Waals surface area contributed by atoms with E-state index in [4.69, 9.17) is 10.00 Å². The topological polar surface area (TPSA) is 45.0 Å². The predicted molar refractivity (Wildman–Crippen MR) is 83.0 cm³/mol. The molecule has 0 saturated carbocycles. The molecule has 0 fully saturated rings. The van der Waals surface area contributed by atoms with E-state index in [0.717, 1.165) is 23.4 Å². The van der Waals surface area contributed by atoms with Crippen LogP contribution in [0.1, 0.15) is 44.4 Å². The number of ether oxygens (including phenoxy) is 1. The first-order valence-electron chi connectivity index (χ1n) is 7.12. The Morgan fingerprint density at radius 3 is 2.25 bits per heavy atom. The Hall–Kier alpha value is -1.53.